The first-order valence-electron chi connectivity index (χ1n) is 7.63. The van der Waals surface area contributed by atoms with E-state index in [-0.39, 0.29) is 0 Å². The molecule has 0 aliphatic carbocycles. The van der Waals surface area contributed by atoms with Crippen molar-refractivity contribution < 1.29 is 9.47 Å². The molecule has 0 saturated carbocycles. The Balaban J connectivity index is 1.90. The summed E-state index contributed by atoms with van der Waals surface area (Å²) in [7, 11) is 3.13. The number of hydrogen-bond donors (Lipinski definition) is 0. The van der Waals surface area contributed by atoms with Crippen LogP contribution in [0.3, 0.4) is 0 Å². The maximum Gasteiger partial charge on any atom is 0.213 e. The van der Waals surface area contributed by atoms with Gasteiger partial charge in [0.1, 0.15) is 17.6 Å². The lowest BCUT2D eigenvalue weighted by Crippen LogP contribution is -1.99. The van der Waals surface area contributed by atoms with E-state index >= 15 is 0 Å². The molecule has 0 atom stereocenters. The van der Waals surface area contributed by atoms with Crippen LogP contribution in [-0.4, -0.2) is 29.2 Å². The van der Waals surface area contributed by atoms with Gasteiger partial charge in [0.2, 0.25) is 5.88 Å². The SMILES string of the molecule is COc1cc(Cc2nccc(-c3ccc(OC)c(C#N)c3)n2)ccn1. The minimum Gasteiger partial charge on any atom is -0.495 e. The van der Waals surface area contributed by atoms with Crippen LogP contribution in [0.2, 0.25) is 0 Å². The van der Waals surface area contributed by atoms with Gasteiger partial charge in [-0.2, -0.15) is 5.26 Å². The lowest BCUT2D eigenvalue weighted by molar-refractivity contribution is 0.397. The summed E-state index contributed by atoms with van der Waals surface area (Å²) in [5, 5.41) is 9.24. The first-order chi connectivity index (χ1) is 12.2. The van der Waals surface area contributed by atoms with Gasteiger partial charge in [-0.05, 0) is 35.9 Å². The van der Waals surface area contributed by atoms with Crippen LogP contribution in [-0.2, 0) is 6.42 Å². The number of hydrogen-bond acceptors (Lipinski definition) is 6. The zero-order chi connectivity index (χ0) is 17.6. The highest BCUT2D eigenvalue weighted by molar-refractivity contribution is 5.64. The van der Waals surface area contributed by atoms with Gasteiger partial charge in [0.15, 0.2) is 0 Å². The predicted molar refractivity (Wildman–Crippen MR) is 92.3 cm³/mol. The van der Waals surface area contributed by atoms with Crippen LogP contribution in [0.1, 0.15) is 17.0 Å². The van der Waals surface area contributed by atoms with Crippen molar-refractivity contribution in [3.05, 3.63) is 65.7 Å². The number of rotatable bonds is 5. The van der Waals surface area contributed by atoms with Gasteiger partial charge in [-0.1, -0.05) is 0 Å². The highest BCUT2D eigenvalue weighted by atomic mass is 16.5. The standard InChI is InChI=1S/C19H16N4O2/c1-24-17-4-3-14(11-15(17)12-20)16-6-8-21-18(23-16)9-13-5-7-22-19(10-13)25-2/h3-8,10-11H,9H2,1-2H3. The molecule has 6 nitrogen and oxygen atoms in total. The van der Waals surface area contributed by atoms with Crippen molar-refractivity contribution in [3.8, 4) is 29.0 Å². The van der Waals surface area contributed by atoms with Crippen LogP contribution in [0.5, 0.6) is 11.6 Å². The maximum atomic E-state index is 9.24. The van der Waals surface area contributed by atoms with E-state index in [0.717, 1.165) is 16.8 Å². The molecule has 0 saturated heterocycles. The Hall–Kier alpha value is -3.46. The molecule has 25 heavy (non-hydrogen) atoms. The van der Waals surface area contributed by atoms with Gasteiger partial charge in [0, 0.05) is 30.4 Å². The maximum absolute atomic E-state index is 9.24. The topological polar surface area (TPSA) is 80.9 Å². The first kappa shape index (κ1) is 16.4. The van der Waals surface area contributed by atoms with Gasteiger partial charge in [-0.3, -0.25) is 0 Å². The predicted octanol–water partition coefficient (Wildman–Crippen LogP) is 3.02. The Bertz CT molecular complexity index is 935. The van der Waals surface area contributed by atoms with Crippen LogP contribution >= 0.6 is 0 Å². The quantitative estimate of drug-likeness (QED) is 0.714. The first-order valence-corrected chi connectivity index (χ1v) is 7.63. The van der Waals surface area contributed by atoms with Crippen LogP contribution in [0.15, 0.2) is 48.8 Å². The van der Waals surface area contributed by atoms with E-state index in [9.17, 15) is 5.26 Å². The van der Waals surface area contributed by atoms with Gasteiger partial charge < -0.3 is 9.47 Å². The fourth-order valence-corrected chi connectivity index (χ4v) is 2.45. The van der Waals surface area contributed by atoms with Gasteiger partial charge >= 0.3 is 0 Å². The highest BCUT2D eigenvalue weighted by Gasteiger charge is 2.08. The summed E-state index contributed by atoms with van der Waals surface area (Å²) in [6.45, 7) is 0. The molecule has 0 aliphatic rings. The highest BCUT2D eigenvalue weighted by Crippen LogP contribution is 2.25. The molecule has 3 aromatic rings. The molecule has 0 amide bonds. The average molecular weight is 332 g/mol. The van der Waals surface area contributed by atoms with Crippen molar-refractivity contribution in [2.45, 2.75) is 6.42 Å². The molecular weight excluding hydrogens is 316 g/mol. The van der Waals surface area contributed by atoms with Crippen LogP contribution in [0.25, 0.3) is 11.3 Å². The van der Waals surface area contributed by atoms with E-state index in [1.165, 1.54) is 0 Å². The normalized spacial score (nSPS) is 10.1. The number of benzene rings is 1. The second-order valence-corrected chi connectivity index (χ2v) is 5.27. The summed E-state index contributed by atoms with van der Waals surface area (Å²) in [6.07, 6.45) is 3.97. The number of nitrogens with zero attached hydrogens (tertiary/aromatic N) is 4. The van der Waals surface area contributed by atoms with Crippen LogP contribution < -0.4 is 9.47 Å². The van der Waals surface area contributed by atoms with E-state index in [4.69, 9.17) is 9.47 Å². The third-order valence-corrected chi connectivity index (χ3v) is 3.69. The summed E-state index contributed by atoms with van der Waals surface area (Å²) >= 11 is 0. The zero-order valence-corrected chi connectivity index (χ0v) is 13.9. The second kappa shape index (κ2) is 7.41. The largest absolute Gasteiger partial charge is 0.495 e. The van der Waals surface area contributed by atoms with Crippen molar-refractivity contribution in [3.63, 3.8) is 0 Å². The zero-order valence-electron chi connectivity index (χ0n) is 13.9. The van der Waals surface area contributed by atoms with Crippen molar-refractivity contribution in [1.82, 2.24) is 15.0 Å². The minimum atomic E-state index is 0.471. The Labute approximate surface area is 145 Å². The van der Waals surface area contributed by atoms with E-state index in [1.807, 2.05) is 24.3 Å². The summed E-state index contributed by atoms with van der Waals surface area (Å²) in [4.78, 5) is 13.0. The average Bonchev–Trinajstić information content (AvgIpc) is 2.67. The number of pyridine rings is 1. The summed E-state index contributed by atoms with van der Waals surface area (Å²) in [5.41, 5.74) is 3.08. The third kappa shape index (κ3) is 3.72. The van der Waals surface area contributed by atoms with Crippen molar-refractivity contribution in [2.24, 2.45) is 0 Å². The summed E-state index contributed by atoms with van der Waals surface area (Å²) in [6, 6.07) is 13.1. The molecule has 2 aromatic heterocycles. The lowest BCUT2D eigenvalue weighted by atomic mass is 10.1. The molecular formula is C19H16N4O2. The van der Waals surface area contributed by atoms with Gasteiger partial charge in [-0.15, -0.1) is 0 Å². The number of methoxy groups -OCH3 is 2. The Morgan fingerprint density at radius 3 is 2.60 bits per heavy atom. The third-order valence-electron chi connectivity index (χ3n) is 3.69. The molecule has 6 heteroatoms. The fraction of sp³-hybridized carbons (Fsp3) is 0.158. The Morgan fingerprint density at radius 2 is 1.84 bits per heavy atom. The molecule has 124 valence electrons. The molecule has 0 bridgehead atoms. The number of aromatic nitrogens is 3. The van der Waals surface area contributed by atoms with E-state index in [2.05, 4.69) is 21.0 Å². The van der Waals surface area contributed by atoms with Crippen LogP contribution in [0.4, 0.5) is 0 Å². The second-order valence-electron chi connectivity index (χ2n) is 5.27. The van der Waals surface area contributed by atoms with E-state index < -0.39 is 0 Å². The molecule has 0 aliphatic heterocycles. The minimum absolute atomic E-state index is 0.471. The van der Waals surface area contributed by atoms with Crippen LogP contribution in [0, 0.1) is 11.3 Å². The number of nitriles is 1. The van der Waals surface area contributed by atoms with Gasteiger partial charge in [-0.25, -0.2) is 15.0 Å². The Morgan fingerprint density at radius 1 is 1.00 bits per heavy atom. The molecule has 0 unspecified atom stereocenters. The van der Waals surface area contributed by atoms with Crippen molar-refractivity contribution in [2.75, 3.05) is 14.2 Å². The van der Waals surface area contributed by atoms with E-state index in [1.54, 1.807) is 38.7 Å². The molecule has 3 rings (SSSR count). The van der Waals surface area contributed by atoms with Gasteiger partial charge in [0.25, 0.3) is 0 Å². The summed E-state index contributed by atoms with van der Waals surface area (Å²) < 4.78 is 10.3. The molecule has 2 heterocycles. The molecule has 0 radical (unpaired) electrons. The van der Waals surface area contributed by atoms with E-state index in [0.29, 0.717) is 29.4 Å². The molecule has 0 fully saturated rings. The molecule has 0 spiro atoms. The molecule has 0 N–H and O–H groups in total. The smallest absolute Gasteiger partial charge is 0.213 e. The Kier molecular flexibility index (Phi) is 4.86. The fourth-order valence-electron chi connectivity index (χ4n) is 2.45. The van der Waals surface area contributed by atoms with Crippen molar-refractivity contribution >= 4 is 0 Å². The van der Waals surface area contributed by atoms with Gasteiger partial charge in [0.05, 0.1) is 25.5 Å². The number of ether oxygens (including phenoxy) is 2. The lowest BCUT2D eigenvalue weighted by Gasteiger charge is -2.07. The summed E-state index contributed by atoms with van der Waals surface area (Å²) in [5.74, 6) is 1.78. The monoisotopic (exact) mass is 332 g/mol. The molecule has 1 aromatic carbocycles. The van der Waals surface area contributed by atoms with Crippen molar-refractivity contribution in [1.29, 1.82) is 5.26 Å².